The first-order valence-corrected chi connectivity index (χ1v) is 12.0. The molecule has 0 heterocycles. The number of nitrogens with one attached hydrogen (secondary N) is 2. The smallest absolute Gasteiger partial charge is 0.241 e. The van der Waals surface area contributed by atoms with Crippen LogP contribution in [0.15, 0.2) is 77.7 Å². The van der Waals surface area contributed by atoms with Crippen molar-refractivity contribution < 1.29 is 22.3 Å². The summed E-state index contributed by atoms with van der Waals surface area (Å²) in [6.07, 6.45) is 0.131. The second-order valence-electron chi connectivity index (χ2n) is 7.44. The van der Waals surface area contributed by atoms with E-state index in [0.29, 0.717) is 11.3 Å². The average Bonchev–Trinajstić information content (AvgIpc) is 2.79. The molecule has 0 fully saturated rings. The Morgan fingerprint density at radius 3 is 2.33 bits per heavy atom. The van der Waals surface area contributed by atoms with Gasteiger partial charge in [-0.15, -0.1) is 0 Å². The lowest BCUT2D eigenvalue weighted by atomic mass is 10.0. The number of halogens is 2. The summed E-state index contributed by atoms with van der Waals surface area (Å²) in [7, 11) is -2.65. The third-order valence-electron chi connectivity index (χ3n) is 5.06. The van der Waals surface area contributed by atoms with Crippen molar-refractivity contribution in [2.45, 2.75) is 30.3 Å². The second kappa shape index (κ2) is 10.8. The van der Waals surface area contributed by atoms with Gasteiger partial charge >= 0.3 is 0 Å². The third kappa shape index (κ3) is 6.54. The van der Waals surface area contributed by atoms with Crippen LogP contribution in [0.2, 0.25) is 5.02 Å². The molecule has 0 radical (unpaired) electrons. The number of rotatable bonds is 9. The molecule has 0 spiro atoms. The Bertz CT molecular complexity index is 1200. The molecule has 0 aromatic heterocycles. The SMILES string of the molecule is COc1ccc(S(=O)(=O)N[C@@H](Cc2ccccc2)C(=O)N[C@@H](C)c2ccc(F)cc2)cc1Cl. The van der Waals surface area contributed by atoms with Crippen molar-refractivity contribution in [2.24, 2.45) is 0 Å². The van der Waals surface area contributed by atoms with Gasteiger partial charge in [-0.3, -0.25) is 4.79 Å². The maximum atomic E-state index is 13.2. The summed E-state index contributed by atoms with van der Waals surface area (Å²) >= 11 is 6.09. The summed E-state index contributed by atoms with van der Waals surface area (Å²) in [5, 5.41) is 2.94. The van der Waals surface area contributed by atoms with E-state index in [-0.39, 0.29) is 22.2 Å². The number of carbonyl (C=O) groups is 1. The largest absolute Gasteiger partial charge is 0.495 e. The minimum absolute atomic E-state index is 0.0919. The molecule has 0 saturated carbocycles. The Labute approximate surface area is 197 Å². The predicted molar refractivity (Wildman–Crippen MR) is 125 cm³/mol. The van der Waals surface area contributed by atoms with Crippen molar-refractivity contribution in [2.75, 3.05) is 7.11 Å². The number of sulfonamides is 1. The molecule has 3 aromatic rings. The van der Waals surface area contributed by atoms with Gasteiger partial charge in [0.05, 0.1) is 23.1 Å². The Hall–Kier alpha value is -2.94. The molecule has 0 aliphatic heterocycles. The van der Waals surface area contributed by atoms with E-state index >= 15 is 0 Å². The van der Waals surface area contributed by atoms with Crippen molar-refractivity contribution >= 4 is 27.5 Å². The van der Waals surface area contributed by atoms with Gasteiger partial charge in [-0.05, 0) is 54.8 Å². The van der Waals surface area contributed by atoms with E-state index in [4.69, 9.17) is 16.3 Å². The number of hydrogen-bond acceptors (Lipinski definition) is 4. The quantitative estimate of drug-likeness (QED) is 0.469. The Kier molecular flexibility index (Phi) is 8.07. The molecule has 0 aliphatic rings. The molecule has 3 rings (SSSR count). The molecule has 33 heavy (non-hydrogen) atoms. The summed E-state index contributed by atoms with van der Waals surface area (Å²) in [6, 6.07) is 17.3. The number of amides is 1. The fraction of sp³-hybridized carbons (Fsp3) is 0.208. The Balaban J connectivity index is 1.84. The topological polar surface area (TPSA) is 84.5 Å². The summed E-state index contributed by atoms with van der Waals surface area (Å²) in [5.41, 5.74) is 1.47. The van der Waals surface area contributed by atoms with Crippen LogP contribution in [-0.2, 0) is 21.2 Å². The first kappa shape index (κ1) is 24.7. The highest BCUT2D eigenvalue weighted by Crippen LogP contribution is 2.27. The van der Waals surface area contributed by atoms with Crippen molar-refractivity contribution in [1.29, 1.82) is 0 Å². The molecule has 3 aromatic carbocycles. The van der Waals surface area contributed by atoms with Crippen LogP contribution in [0.3, 0.4) is 0 Å². The predicted octanol–water partition coefficient (Wildman–Crippen LogP) is 4.25. The number of hydrogen-bond donors (Lipinski definition) is 2. The summed E-state index contributed by atoms with van der Waals surface area (Å²) in [5.74, 6) is -0.564. The Morgan fingerprint density at radius 2 is 1.73 bits per heavy atom. The molecule has 0 saturated heterocycles. The van der Waals surface area contributed by atoms with E-state index in [1.807, 2.05) is 30.3 Å². The van der Waals surface area contributed by atoms with E-state index in [1.165, 1.54) is 37.4 Å². The lowest BCUT2D eigenvalue weighted by Crippen LogP contribution is -2.48. The second-order valence-corrected chi connectivity index (χ2v) is 9.56. The van der Waals surface area contributed by atoms with Gasteiger partial charge in [0.25, 0.3) is 0 Å². The lowest BCUT2D eigenvalue weighted by Gasteiger charge is -2.22. The monoisotopic (exact) mass is 490 g/mol. The molecule has 2 N–H and O–H groups in total. The first-order valence-electron chi connectivity index (χ1n) is 10.1. The van der Waals surface area contributed by atoms with Gasteiger partial charge in [0.1, 0.15) is 17.6 Å². The van der Waals surface area contributed by atoms with Crippen molar-refractivity contribution in [3.63, 3.8) is 0 Å². The molecule has 1 amide bonds. The van der Waals surface area contributed by atoms with Crippen LogP contribution in [-0.4, -0.2) is 27.5 Å². The fourth-order valence-electron chi connectivity index (χ4n) is 3.26. The molecule has 0 unspecified atom stereocenters. The van der Waals surface area contributed by atoms with Crippen LogP contribution in [0.4, 0.5) is 4.39 Å². The van der Waals surface area contributed by atoms with Crippen LogP contribution < -0.4 is 14.8 Å². The van der Waals surface area contributed by atoms with Crippen molar-refractivity contribution in [3.8, 4) is 5.75 Å². The number of ether oxygens (including phenoxy) is 1. The fourth-order valence-corrected chi connectivity index (χ4v) is 4.80. The molecule has 6 nitrogen and oxygen atoms in total. The normalized spacial score (nSPS) is 13.2. The van der Waals surface area contributed by atoms with E-state index in [9.17, 15) is 17.6 Å². The van der Waals surface area contributed by atoms with Gasteiger partial charge < -0.3 is 10.1 Å². The van der Waals surface area contributed by atoms with Gasteiger partial charge in [0, 0.05) is 0 Å². The van der Waals surface area contributed by atoms with Crippen molar-refractivity contribution in [3.05, 3.63) is 94.8 Å². The van der Waals surface area contributed by atoms with Gasteiger partial charge in [-0.25, -0.2) is 12.8 Å². The number of methoxy groups -OCH3 is 1. The minimum atomic E-state index is -4.08. The van der Waals surface area contributed by atoms with E-state index in [0.717, 1.165) is 5.56 Å². The zero-order chi connectivity index (χ0) is 24.0. The van der Waals surface area contributed by atoms with Crippen LogP contribution in [0.25, 0.3) is 0 Å². The molecular weight excluding hydrogens is 467 g/mol. The highest BCUT2D eigenvalue weighted by atomic mass is 35.5. The molecular formula is C24H24ClFN2O4S. The zero-order valence-corrected chi connectivity index (χ0v) is 19.7. The maximum absolute atomic E-state index is 13.2. The highest BCUT2D eigenvalue weighted by molar-refractivity contribution is 7.89. The lowest BCUT2D eigenvalue weighted by molar-refractivity contribution is -0.123. The molecule has 0 bridgehead atoms. The van der Waals surface area contributed by atoms with Gasteiger partial charge in [-0.2, -0.15) is 4.72 Å². The van der Waals surface area contributed by atoms with Gasteiger partial charge in [-0.1, -0.05) is 54.1 Å². The summed E-state index contributed by atoms with van der Waals surface area (Å²) < 4.78 is 46.9. The van der Waals surface area contributed by atoms with Crippen LogP contribution >= 0.6 is 11.6 Å². The first-order chi connectivity index (χ1) is 15.7. The average molecular weight is 491 g/mol. The van der Waals surface area contributed by atoms with Crippen molar-refractivity contribution in [1.82, 2.24) is 10.0 Å². The standard InChI is InChI=1S/C24H24ClFN2O4S/c1-16(18-8-10-19(26)11-9-18)27-24(29)22(14-17-6-4-3-5-7-17)28-33(30,31)20-12-13-23(32-2)21(25)15-20/h3-13,15-16,22,28H,14H2,1-2H3,(H,27,29)/t16-,22-/m0/s1. The molecule has 2 atom stereocenters. The summed E-state index contributed by atoms with van der Waals surface area (Å²) in [4.78, 5) is 13.0. The summed E-state index contributed by atoms with van der Waals surface area (Å²) in [6.45, 7) is 1.74. The Morgan fingerprint density at radius 1 is 1.06 bits per heavy atom. The number of carbonyl (C=O) groups excluding carboxylic acids is 1. The highest BCUT2D eigenvalue weighted by Gasteiger charge is 2.27. The molecule has 9 heteroatoms. The number of benzene rings is 3. The molecule has 174 valence electrons. The van der Waals surface area contributed by atoms with Gasteiger partial charge in [0.15, 0.2) is 0 Å². The minimum Gasteiger partial charge on any atom is -0.495 e. The zero-order valence-electron chi connectivity index (χ0n) is 18.1. The maximum Gasteiger partial charge on any atom is 0.241 e. The van der Waals surface area contributed by atoms with E-state index < -0.39 is 28.0 Å². The third-order valence-corrected chi connectivity index (χ3v) is 6.82. The van der Waals surface area contributed by atoms with E-state index in [2.05, 4.69) is 10.0 Å². The van der Waals surface area contributed by atoms with Crippen LogP contribution in [0.5, 0.6) is 5.75 Å². The van der Waals surface area contributed by atoms with Crippen LogP contribution in [0.1, 0.15) is 24.1 Å². The van der Waals surface area contributed by atoms with Crippen LogP contribution in [0, 0.1) is 5.82 Å². The van der Waals surface area contributed by atoms with Gasteiger partial charge in [0.2, 0.25) is 15.9 Å². The van der Waals surface area contributed by atoms with E-state index in [1.54, 1.807) is 19.1 Å². The molecule has 0 aliphatic carbocycles.